The van der Waals surface area contributed by atoms with E-state index in [1.54, 1.807) is 24.3 Å². The molecule has 1 aromatic carbocycles. The second kappa shape index (κ2) is 13.3. The lowest BCUT2D eigenvalue weighted by Crippen LogP contribution is -2.29. The maximum absolute atomic E-state index is 12.3. The molecule has 0 saturated carbocycles. The van der Waals surface area contributed by atoms with Crippen molar-refractivity contribution in [1.29, 1.82) is 0 Å². The number of carbonyl (C=O) groups excluding carboxylic acids is 4. The second-order valence-corrected chi connectivity index (χ2v) is 7.15. The van der Waals surface area contributed by atoms with E-state index in [1.165, 1.54) is 6.92 Å². The fourth-order valence-electron chi connectivity index (χ4n) is 2.42. The Balaban J connectivity index is 2.36. The summed E-state index contributed by atoms with van der Waals surface area (Å²) in [5, 5.41) is 8.11. The third kappa shape index (κ3) is 10.9. The number of para-hydroxylation sites is 1. The zero-order valence-electron chi connectivity index (χ0n) is 17.4. The number of nitrogens with one attached hydrogen (secondary N) is 3. The lowest BCUT2D eigenvalue weighted by molar-refractivity contribution is -0.147. The number of rotatable bonds is 12. The van der Waals surface area contributed by atoms with Crippen molar-refractivity contribution in [2.75, 3.05) is 25.0 Å². The molecule has 0 spiro atoms. The number of hydrogen-bond donors (Lipinski definition) is 3. The molecule has 0 saturated heterocycles. The van der Waals surface area contributed by atoms with Gasteiger partial charge in [-0.05, 0) is 30.9 Å². The van der Waals surface area contributed by atoms with Crippen molar-refractivity contribution in [2.45, 2.75) is 46.5 Å². The first-order valence-corrected chi connectivity index (χ1v) is 9.86. The molecule has 0 bridgehead atoms. The standard InChI is InChI=1S/C21H31N3O5/c1-15(2)13-23-21(28)17-9-6-7-10-18(17)24-19(26)14-29-20(27)11-5-4-8-12-22-16(3)25/h6-7,9-10,15H,4-5,8,11-14H2,1-3H3,(H,22,25)(H,23,28)(H,24,26). The Kier molecular flexibility index (Phi) is 11.1. The van der Waals surface area contributed by atoms with Crippen molar-refractivity contribution in [3.05, 3.63) is 29.8 Å². The monoisotopic (exact) mass is 405 g/mol. The van der Waals surface area contributed by atoms with Crippen molar-refractivity contribution in [3.63, 3.8) is 0 Å². The van der Waals surface area contributed by atoms with Gasteiger partial charge in [-0.1, -0.05) is 32.4 Å². The lowest BCUT2D eigenvalue weighted by Gasteiger charge is -2.12. The van der Waals surface area contributed by atoms with Crippen molar-refractivity contribution in [2.24, 2.45) is 5.92 Å². The highest BCUT2D eigenvalue weighted by Gasteiger charge is 2.14. The van der Waals surface area contributed by atoms with Gasteiger partial charge in [0.2, 0.25) is 5.91 Å². The summed E-state index contributed by atoms with van der Waals surface area (Å²) >= 11 is 0. The number of amides is 3. The first-order chi connectivity index (χ1) is 13.8. The van der Waals surface area contributed by atoms with E-state index in [2.05, 4.69) is 16.0 Å². The maximum atomic E-state index is 12.3. The molecule has 0 atom stereocenters. The molecule has 0 unspecified atom stereocenters. The van der Waals surface area contributed by atoms with E-state index in [1.807, 2.05) is 13.8 Å². The Bertz CT molecular complexity index is 703. The fourth-order valence-corrected chi connectivity index (χ4v) is 2.42. The zero-order valence-corrected chi connectivity index (χ0v) is 17.4. The summed E-state index contributed by atoms with van der Waals surface area (Å²) in [6, 6.07) is 6.67. The summed E-state index contributed by atoms with van der Waals surface area (Å²) in [4.78, 5) is 46.8. The van der Waals surface area contributed by atoms with Gasteiger partial charge >= 0.3 is 5.97 Å². The first kappa shape index (κ1) is 24.1. The van der Waals surface area contributed by atoms with E-state index < -0.39 is 18.5 Å². The van der Waals surface area contributed by atoms with Crippen molar-refractivity contribution >= 4 is 29.4 Å². The Labute approximate surface area is 171 Å². The molecule has 0 heterocycles. The van der Waals surface area contributed by atoms with Crippen molar-refractivity contribution in [3.8, 4) is 0 Å². The summed E-state index contributed by atoms with van der Waals surface area (Å²) in [5.74, 6) is -0.999. The van der Waals surface area contributed by atoms with Gasteiger partial charge in [0.1, 0.15) is 0 Å². The summed E-state index contributed by atoms with van der Waals surface area (Å²) in [6.07, 6.45) is 2.39. The van der Waals surface area contributed by atoms with Crippen LogP contribution < -0.4 is 16.0 Å². The van der Waals surface area contributed by atoms with Crippen LogP contribution >= 0.6 is 0 Å². The van der Waals surface area contributed by atoms with Crippen LogP contribution in [0.2, 0.25) is 0 Å². The topological polar surface area (TPSA) is 114 Å². The molecule has 8 nitrogen and oxygen atoms in total. The van der Waals surface area contributed by atoms with Crippen LogP contribution in [0.3, 0.4) is 0 Å². The van der Waals surface area contributed by atoms with Crippen molar-refractivity contribution < 1.29 is 23.9 Å². The molecule has 0 aliphatic rings. The first-order valence-electron chi connectivity index (χ1n) is 9.86. The number of unbranched alkanes of at least 4 members (excludes halogenated alkanes) is 2. The summed E-state index contributed by atoms with van der Waals surface area (Å²) in [7, 11) is 0. The number of carbonyl (C=O) groups is 4. The summed E-state index contributed by atoms with van der Waals surface area (Å²) in [6.45, 7) is 6.14. The molecule has 0 fully saturated rings. The maximum Gasteiger partial charge on any atom is 0.306 e. The Morgan fingerprint density at radius 2 is 1.72 bits per heavy atom. The number of anilines is 1. The largest absolute Gasteiger partial charge is 0.456 e. The normalized spacial score (nSPS) is 10.3. The Morgan fingerprint density at radius 1 is 1.00 bits per heavy atom. The predicted molar refractivity (Wildman–Crippen MR) is 110 cm³/mol. The molecule has 0 aliphatic carbocycles. The molecular formula is C21H31N3O5. The molecule has 1 aromatic rings. The van der Waals surface area contributed by atoms with Crippen LogP contribution in [-0.2, 0) is 19.1 Å². The third-order valence-electron chi connectivity index (χ3n) is 3.91. The van der Waals surface area contributed by atoms with Gasteiger partial charge in [0.05, 0.1) is 11.3 Å². The van der Waals surface area contributed by atoms with E-state index in [-0.39, 0.29) is 18.2 Å². The molecule has 160 valence electrons. The Morgan fingerprint density at radius 3 is 2.41 bits per heavy atom. The molecule has 3 amide bonds. The smallest absolute Gasteiger partial charge is 0.306 e. The van der Waals surface area contributed by atoms with Crippen LogP contribution in [0.25, 0.3) is 0 Å². The summed E-state index contributed by atoms with van der Waals surface area (Å²) < 4.78 is 4.98. The quantitative estimate of drug-likeness (QED) is 0.365. The van der Waals surface area contributed by atoms with Gasteiger partial charge in [-0.3, -0.25) is 19.2 Å². The molecule has 0 radical (unpaired) electrons. The van der Waals surface area contributed by atoms with E-state index in [0.29, 0.717) is 36.7 Å². The van der Waals surface area contributed by atoms with E-state index in [4.69, 9.17) is 4.74 Å². The van der Waals surface area contributed by atoms with Gasteiger partial charge in [0.15, 0.2) is 6.61 Å². The minimum Gasteiger partial charge on any atom is -0.456 e. The van der Waals surface area contributed by atoms with Gasteiger partial charge < -0.3 is 20.7 Å². The van der Waals surface area contributed by atoms with Gasteiger partial charge in [-0.2, -0.15) is 0 Å². The van der Waals surface area contributed by atoms with Crippen LogP contribution in [0.15, 0.2) is 24.3 Å². The van der Waals surface area contributed by atoms with E-state index in [9.17, 15) is 19.2 Å². The third-order valence-corrected chi connectivity index (χ3v) is 3.91. The minimum absolute atomic E-state index is 0.0746. The Hall–Kier alpha value is -2.90. The zero-order chi connectivity index (χ0) is 21.6. The van der Waals surface area contributed by atoms with Gasteiger partial charge in [0, 0.05) is 26.4 Å². The summed E-state index contributed by atoms with van der Waals surface area (Å²) in [5.41, 5.74) is 0.722. The van der Waals surface area contributed by atoms with Crippen molar-refractivity contribution in [1.82, 2.24) is 10.6 Å². The van der Waals surface area contributed by atoms with Crippen LogP contribution in [0, 0.1) is 5.92 Å². The predicted octanol–water partition coefficient (Wildman–Crippen LogP) is 2.25. The number of ether oxygens (including phenoxy) is 1. The van der Waals surface area contributed by atoms with Gasteiger partial charge in [0.25, 0.3) is 11.8 Å². The van der Waals surface area contributed by atoms with Gasteiger partial charge in [-0.25, -0.2) is 0 Å². The van der Waals surface area contributed by atoms with Gasteiger partial charge in [-0.15, -0.1) is 0 Å². The minimum atomic E-state index is -0.506. The molecule has 8 heteroatoms. The highest BCUT2D eigenvalue weighted by Crippen LogP contribution is 2.15. The average molecular weight is 405 g/mol. The highest BCUT2D eigenvalue weighted by atomic mass is 16.5. The highest BCUT2D eigenvalue weighted by molar-refractivity contribution is 6.04. The number of benzene rings is 1. The van der Waals surface area contributed by atoms with Crippen LogP contribution in [0.1, 0.15) is 56.8 Å². The molecule has 0 aromatic heterocycles. The number of esters is 1. The molecule has 29 heavy (non-hydrogen) atoms. The van der Waals surface area contributed by atoms with Crippen LogP contribution in [0.4, 0.5) is 5.69 Å². The molecular weight excluding hydrogens is 374 g/mol. The average Bonchev–Trinajstić information content (AvgIpc) is 2.67. The molecule has 1 rings (SSSR count). The van der Waals surface area contributed by atoms with Crippen LogP contribution in [0.5, 0.6) is 0 Å². The lowest BCUT2D eigenvalue weighted by atomic mass is 10.1. The second-order valence-electron chi connectivity index (χ2n) is 7.15. The van der Waals surface area contributed by atoms with Crippen LogP contribution in [-0.4, -0.2) is 43.4 Å². The van der Waals surface area contributed by atoms with E-state index in [0.717, 1.165) is 12.8 Å². The van der Waals surface area contributed by atoms with E-state index >= 15 is 0 Å². The number of hydrogen-bond acceptors (Lipinski definition) is 5. The molecule has 0 aliphatic heterocycles. The molecule has 3 N–H and O–H groups in total. The SMILES string of the molecule is CC(=O)NCCCCCC(=O)OCC(=O)Nc1ccccc1C(=O)NCC(C)C. The fraction of sp³-hybridized carbons (Fsp3) is 0.524.